The molecule has 2 aromatic carbocycles. The molecule has 88 valence electrons. The van der Waals surface area contributed by atoms with E-state index >= 15 is 0 Å². The Kier molecular flexibility index (Phi) is 3.78. The van der Waals surface area contributed by atoms with Gasteiger partial charge in [0, 0.05) is 12.0 Å². The van der Waals surface area contributed by atoms with E-state index < -0.39 is 0 Å². The molecule has 17 heavy (non-hydrogen) atoms. The monoisotopic (exact) mass is 228 g/mol. The first-order valence-corrected chi connectivity index (χ1v) is 5.64. The van der Waals surface area contributed by atoms with Gasteiger partial charge in [0.05, 0.1) is 13.7 Å². The third-order valence-corrected chi connectivity index (χ3v) is 2.84. The lowest BCUT2D eigenvalue weighted by molar-refractivity contribution is 0.279. The molecule has 0 saturated heterocycles. The smallest absolute Gasteiger partial charge is 0.122 e. The van der Waals surface area contributed by atoms with Crippen molar-refractivity contribution in [3.05, 3.63) is 65.2 Å². The van der Waals surface area contributed by atoms with Gasteiger partial charge in [-0.15, -0.1) is 0 Å². The van der Waals surface area contributed by atoms with Crippen molar-refractivity contribution in [1.29, 1.82) is 0 Å². The molecule has 0 radical (unpaired) electrons. The maximum absolute atomic E-state index is 9.36. The van der Waals surface area contributed by atoms with Crippen LogP contribution in [0.25, 0.3) is 0 Å². The molecule has 0 unspecified atom stereocenters. The lowest BCUT2D eigenvalue weighted by atomic mass is 9.99. The Balaban J connectivity index is 2.37. The minimum atomic E-state index is 0.0410. The molecule has 0 spiro atoms. The number of benzene rings is 2. The van der Waals surface area contributed by atoms with E-state index in [-0.39, 0.29) is 6.61 Å². The SMILES string of the molecule is COc1cccc(CO)c1Cc1ccccc1. The van der Waals surface area contributed by atoms with Gasteiger partial charge in [0.2, 0.25) is 0 Å². The van der Waals surface area contributed by atoms with E-state index in [9.17, 15) is 5.11 Å². The van der Waals surface area contributed by atoms with Crippen molar-refractivity contribution in [1.82, 2.24) is 0 Å². The minimum Gasteiger partial charge on any atom is -0.496 e. The highest BCUT2D eigenvalue weighted by atomic mass is 16.5. The first-order valence-electron chi connectivity index (χ1n) is 5.64. The summed E-state index contributed by atoms with van der Waals surface area (Å²) >= 11 is 0. The molecule has 0 bridgehead atoms. The standard InChI is InChI=1S/C15H16O2/c1-17-15-9-5-8-13(11-16)14(15)10-12-6-3-2-4-7-12/h2-9,16H,10-11H2,1H3. The van der Waals surface area contributed by atoms with Crippen molar-refractivity contribution in [3.63, 3.8) is 0 Å². The summed E-state index contributed by atoms with van der Waals surface area (Å²) in [5, 5.41) is 9.36. The molecule has 1 N–H and O–H groups in total. The third kappa shape index (κ3) is 2.66. The molecule has 2 heteroatoms. The first-order chi connectivity index (χ1) is 8.35. The molecule has 2 rings (SSSR count). The van der Waals surface area contributed by atoms with Crippen LogP contribution in [-0.4, -0.2) is 12.2 Å². The van der Waals surface area contributed by atoms with Gasteiger partial charge in [0.15, 0.2) is 0 Å². The molecule has 0 aliphatic carbocycles. The van der Waals surface area contributed by atoms with E-state index in [2.05, 4.69) is 12.1 Å². The topological polar surface area (TPSA) is 29.5 Å². The third-order valence-electron chi connectivity index (χ3n) is 2.84. The number of hydrogen-bond acceptors (Lipinski definition) is 2. The van der Waals surface area contributed by atoms with Crippen molar-refractivity contribution >= 4 is 0 Å². The van der Waals surface area contributed by atoms with Crippen molar-refractivity contribution < 1.29 is 9.84 Å². The Morgan fingerprint density at radius 3 is 2.41 bits per heavy atom. The van der Waals surface area contributed by atoms with E-state index in [0.717, 1.165) is 23.3 Å². The Hall–Kier alpha value is -1.80. The molecular weight excluding hydrogens is 212 g/mol. The zero-order valence-corrected chi connectivity index (χ0v) is 9.89. The van der Waals surface area contributed by atoms with Gasteiger partial charge in [0.25, 0.3) is 0 Å². The van der Waals surface area contributed by atoms with Crippen LogP contribution in [0, 0.1) is 0 Å². The fraction of sp³-hybridized carbons (Fsp3) is 0.200. The molecule has 0 amide bonds. The van der Waals surface area contributed by atoms with Crippen LogP contribution < -0.4 is 4.74 Å². The van der Waals surface area contributed by atoms with E-state index in [1.54, 1.807) is 7.11 Å². The molecule has 2 aromatic rings. The number of rotatable bonds is 4. The van der Waals surface area contributed by atoms with Crippen molar-refractivity contribution in [2.75, 3.05) is 7.11 Å². The average molecular weight is 228 g/mol. The Morgan fingerprint density at radius 2 is 1.76 bits per heavy atom. The minimum absolute atomic E-state index is 0.0410. The van der Waals surface area contributed by atoms with E-state index in [1.165, 1.54) is 5.56 Å². The van der Waals surface area contributed by atoms with Gasteiger partial charge >= 0.3 is 0 Å². The molecule has 0 aliphatic rings. The van der Waals surface area contributed by atoms with Crippen LogP contribution in [-0.2, 0) is 13.0 Å². The van der Waals surface area contributed by atoms with Crippen LogP contribution in [0.15, 0.2) is 48.5 Å². The van der Waals surface area contributed by atoms with Crippen LogP contribution in [0.5, 0.6) is 5.75 Å². The van der Waals surface area contributed by atoms with Gasteiger partial charge in [-0.1, -0.05) is 42.5 Å². The fourth-order valence-electron chi connectivity index (χ4n) is 1.95. The highest BCUT2D eigenvalue weighted by molar-refractivity contribution is 5.43. The molecule has 0 aromatic heterocycles. The quantitative estimate of drug-likeness (QED) is 0.872. The molecule has 0 atom stereocenters. The van der Waals surface area contributed by atoms with Gasteiger partial charge in [-0.3, -0.25) is 0 Å². The van der Waals surface area contributed by atoms with Crippen LogP contribution in [0.4, 0.5) is 0 Å². The maximum atomic E-state index is 9.36. The molecule has 2 nitrogen and oxygen atoms in total. The van der Waals surface area contributed by atoms with Crippen molar-refractivity contribution in [2.45, 2.75) is 13.0 Å². The summed E-state index contributed by atoms with van der Waals surface area (Å²) in [6, 6.07) is 15.9. The molecule has 0 fully saturated rings. The lowest BCUT2D eigenvalue weighted by Crippen LogP contribution is -1.99. The van der Waals surface area contributed by atoms with Gasteiger partial charge in [0.1, 0.15) is 5.75 Å². The van der Waals surface area contributed by atoms with Crippen molar-refractivity contribution in [3.8, 4) is 5.75 Å². The summed E-state index contributed by atoms with van der Waals surface area (Å²) in [6.45, 7) is 0.0410. The summed E-state index contributed by atoms with van der Waals surface area (Å²) < 4.78 is 5.35. The second kappa shape index (κ2) is 5.51. The van der Waals surface area contributed by atoms with Crippen LogP contribution in [0.1, 0.15) is 16.7 Å². The predicted molar refractivity (Wildman–Crippen MR) is 68.2 cm³/mol. The Bertz CT molecular complexity index is 455. The van der Waals surface area contributed by atoms with Gasteiger partial charge in [-0.25, -0.2) is 0 Å². The first kappa shape index (κ1) is 11.7. The maximum Gasteiger partial charge on any atom is 0.122 e. The van der Waals surface area contributed by atoms with E-state index in [1.807, 2.05) is 36.4 Å². The number of aliphatic hydroxyl groups excluding tert-OH is 1. The summed E-state index contributed by atoms with van der Waals surface area (Å²) in [4.78, 5) is 0. The fourth-order valence-corrected chi connectivity index (χ4v) is 1.95. The van der Waals surface area contributed by atoms with Gasteiger partial charge in [-0.2, -0.15) is 0 Å². The zero-order chi connectivity index (χ0) is 12.1. The van der Waals surface area contributed by atoms with E-state index in [4.69, 9.17) is 4.74 Å². The predicted octanol–water partition coefficient (Wildman–Crippen LogP) is 2.78. The summed E-state index contributed by atoms with van der Waals surface area (Å²) in [5.41, 5.74) is 3.20. The summed E-state index contributed by atoms with van der Waals surface area (Å²) in [5.74, 6) is 0.834. The van der Waals surface area contributed by atoms with Gasteiger partial charge in [-0.05, 0) is 17.2 Å². The lowest BCUT2D eigenvalue weighted by Gasteiger charge is -2.12. The number of ether oxygens (including phenoxy) is 1. The number of methoxy groups -OCH3 is 1. The van der Waals surface area contributed by atoms with E-state index in [0.29, 0.717) is 0 Å². The Labute approximate surface area is 101 Å². The zero-order valence-electron chi connectivity index (χ0n) is 9.89. The average Bonchev–Trinajstić information content (AvgIpc) is 2.40. The van der Waals surface area contributed by atoms with Crippen LogP contribution in [0.2, 0.25) is 0 Å². The second-order valence-corrected chi connectivity index (χ2v) is 3.92. The molecular formula is C15H16O2. The molecule has 0 aliphatic heterocycles. The summed E-state index contributed by atoms with van der Waals surface area (Å²) in [6.07, 6.45) is 0.779. The van der Waals surface area contributed by atoms with Crippen LogP contribution >= 0.6 is 0 Å². The van der Waals surface area contributed by atoms with Gasteiger partial charge < -0.3 is 9.84 Å². The largest absolute Gasteiger partial charge is 0.496 e. The highest BCUT2D eigenvalue weighted by Crippen LogP contribution is 2.25. The second-order valence-electron chi connectivity index (χ2n) is 3.92. The number of aliphatic hydroxyl groups is 1. The molecule has 0 heterocycles. The molecule has 0 saturated carbocycles. The van der Waals surface area contributed by atoms with Crippen molar-refractivity contribution in [2.24, 2.45) is 0 Å². The number of hydrogen-bond donors (Lipinski definition) is 1. The summed E-state index contributed by atoms with van der Waals surface area (Å²) in [7, 11) is 1.66. The highest BCUT2D eigenvalue weighted by Gasteiger charge is 2.08. The van der Waals surface area contributed by atoms with Crippen LogP contribution in [0.3, 0.4) is 0 Å². The Morgan fingerprint density at radius 1 is 1.00 bits per heavy atom. The normalized spacial score (nSPS) is 10.2.